The minimum atomic E-state index is -0.0674. The summed E-state index contributed by atoms with van der Waals surface area (Å²) in [5, 5.41) is 6.53. The van der Waals surface area contributed by atoms with Crippen molar-refractivity contribution in [1.29, 1.82) is 0 Å². The minimum Gasteiger partial charge on any atom is -0.356 e. The van der Waals surface area contributed by atoms with E-state index in [0.717, 1.165) is 5.56 Å². The lowest BCUT2D eigenvalue weighted by Gasteiger charge is -2.27. The number of nitrogens with one attached hydrogen (secondary N) is 2. The molecule has 144 valence electrons. The molecule has 2 rings (SSSR count). The van der Waals surface area contributed by atoms with Gasteiger partial charge in [0.05, 0.1) is 13.1 Å². The summed E-state index contributed by atoms with van der Waals surface area (Å²) in [4.78, 5) is 18.1. The van der Waals surface area contributed by atoms with Crippen molar-refractivity contribution in [2.75, 3.05) is 27.2 Å². The molecule has 0 aliphatic heterocycles. The normalized spacial score (nSPS) is 11.8. The van der Waals surface area contributed by atoms with Gasteiger partial charge in [0.15, 0.2) is 5.96 Å². The zero-order valence-electron chi connectivity index (χ0n) is 16.7. The molecule has 0 bridgehead atoms. The molecule has 0 fully saturated rings. The van der Waals surface area contributed by atoms with Crippen LogP contribution >= 0.6 is 0 Å². The first-order valence-corrected chi connectivity index (χ1v) is 9.20. The van der Waals surface area contributed by atoms with E-state index in [1.54, 1.807) is 19.0 Å². The lowest BCUT2D eigenvalue weighted by molar-refractivity contribution is -0.127. The molecule has 5 nitrogen and oxygen atoms in total. The predicted molar refractivity (Wildman–Crippen MR) is 112 cm³/mol. The number of amides is 1. The molecule has 2 N–H and O–H groups in total. The van der Waals surface area contributed by atoms with Gasteiger partial charge in [-0.15, -0.1) is 0 Å². The highest BCUT2D eigenvalue weighted by Crippen LogP contribution is 2.21. The van der Waals surface area contributed by atoms with Crippen LogP contribution in [0, 0.1) is 0 Å². The summed E-state index contributed by atoms with van der Waals surface area (Å²) in [6.07, 6.45) is 0. The highest BCUT2D eigenvalue weighted by molar-refractivity contribution is 5.86. The zero-order valence-corrected chi connectivity index (χ0v) is 16.7. The summed E-state index contributed by atoms with van der Waals surface area (Å²) in [5.41, 5.74) is 2.31. The Morgan fingerprint density at radius 3 is 2.15 bits per heavy atom. The van der Waals surface area contributed by atoms with Crippen LogP contribution in [0.25, 0.3) is 0 Å². The molecule has 0 saturated heterocycles. The maximum Gasteiger partial charge on any atom is 0.241 e. The number of carbonyl (C=O) groups is 1. The van der Waals surface area contributed by atoms with Crippen LogP contribution in [0.1, 0.15) is 25.0 Å². The lowest BCUT2D eigenvalue weighted by atomic mass is 9.85. The molecule has 0 aliphatic rings. The molecular weight excluding hydrogens is 336 g/mol. The summed E-state index contributed by atoms with van der Waals surface area (Å²) in [6, 6.07) is 20.5. The predicted octanol–water partition coefficient (Wildman–Crippen LogP) is 2.79. The number of benzene rings is 2. The van der Waals surface area contributed by atoms with Gasteiger partial charge in [-0.1, -0.05) is 74.5 Å². The second-order valence-corrected chi connectivity index (χ2v) is 7.40. The average molecular weight is 367 g/mol. The number of hydrogen-bond acceptors (Lipinski definition) is 2. The first kappa shape index (κ1) is 20.5. The Morgan fingerprint density at radius 1 is 0.963 bits per heavy atom. The molecule has 0 aliphatic carbocycles. The number of nitrogens with zero attached hydrogens (tertiary/aromatic N) is 2. The van der Waals surface area contributed by atoms with Crippen molar-refractivity contribution >= 4 is 11.9 Å². The van der Waals surface area contributed by atoms with Gasteiger partial charge < -0.3 is 15.5 Å². The molecule has 2 aromatic rings. The van der Waals surface area contributed by atoms with Crippen LogP contribution in [-0.4, -0.2) is 44.0 Å². The van der Waals surface area contributed by atoms with Crippen molar-refractivity contribution in [1.82, 2.24) is 15.5 Å². The van der Waals surface area contributed by atoms with Crippen molar-refractivity contribution in [3.63, 3.8) is 0 Å². The maximum absolute atomic E-state index is 11.9. The molecule has 2 aromatic carbocycles. The Bertz CT molecular complexity index is 739. The Balaban J connectivity index is 2.05. The Kier molecular flexibility index (Phi) is 7.41. The number of carbonyl (C=O) groups excluding carboxylic acids is 1. The molecule has 0 atom stereocenters. The SMILES string of the molecule is CN(C)C(=O)CNC(=NCc1ccccc1)NCC(C)(C)c1ccccc1. The van der Waals surface area contributed by atoms with Gasteiger partial charge in [-0.05, 0) is 11.1 Å². The first-order valence-electron chi connectivity index (χ1n) is 9.20. The van der Waals surface area contributed by atoms with E-state index in [1.165, 1.54) is 5.56 Å². The number of rotatable bonds is 7. The van der Waals surface area contributed by atoms with Crippen LogP contribution in [0.4, 0.5) is 0 Å². The van der Waals surface area contributed by atoms with Crippen LogP contribution in [-0.2, 0) is 16.8 Å². The van der Waals surface area contributed by atoms with Crippen LogP contribution in [0.15, 0.2) is 65.7 Å². The van der Waals surface area contributed by atoms with Crippen LogP contribution in [0.2, 0.25) is 0 Å². The fourth-order valence-corrected chi connectivity index (χ4v) is 2.54. The minimum absolute atomic E-state index is 0.00605. The monoisotopic (exact) mass is 366 g/mol. The quantitative estimate of drug-likeness (QED) is 0.585. The molecule has 27 heavy (non-hydrogen) atoms. The molecule has 0 heterocycles. The molecule has 0 spiro atoms. The van der Waals surface area contributed by atoms with Crippen LogP contribution < -0.4 is 10.6 Å². The van der Waals surface area contributed by atoms with Crippen molar-refractivity contribution in [3.8, 4) is 0 Å². The molecule has 0 aromatic heterocycles. The third kappa shape index (κ3) is 6.77. The van der Waals surface area contributed by atoms with Gasteiger partial charge in [-0.3, -0.25) is 4.79 Å². The molecule has 0 unspecified atom stereocenters. The lowest BCUT2D eigenvalue weighted by Crippen LogP contribution is -2.46. The van der Waals surface area contributed by atoms with E-state index in [0.29, 0.717) is 19.0 Å². The first-order chi connectivity index (χ1) is 12.9. The third-order valence-electron chi connectivity index (χ3n) is 4.42. The van der Waals surface area contributed by atoms with Gasteiger partial charge in [-0.25, -0.2) is 4.99 Å². The summed E-state index contributed by atoms with van der Waals surface area (Å²) in [6.45, 7) is 5.84. The topological polar surface area (TPSA) is 56.7 Å². The Morgan fingerprint density at radius 2 is 1.56 bits per heavy atom. The van der Waals surface area contributed by atoms with Crippen molar-refractivity contribution in [2.45, 2.75) is 25.8 Å². The standard InChI is InChI=1S/C22H30N4O/c1-22(2,19-13-9-6-10-14-19)17-25-21(24-16-20(27)26(3)4)23-15-18-11-7-5-8-12-18/h5-14H,15-17H2,1-4H3,(H2,23,24,25). The van der Waals surface area contributed by atoms with E-state index in [1.807, 2.05) is 36.4 Å². The second kappa shape index (κ2) is 9.76. The summed E-state index contributed by atoms with van der Waals surface area (Å²) in [7, 11) is 3.49. The molecule has 0 saturated carbocycles. The number of aliphatic imine (C=N–C) groups is 1. The Hall–Kier alpha value is -2.82. The van der Waals surface area contributed by atoms with Crippen LogP contribution in [0.5, 0.6) is 0 Å². The van der Waals surface area contributed by atoms with Gasteiger partial charge in [0, 0.05) is 26.1 Å². The highest BCUT2D eigenvalue weighted by Gasteiger charge is 2.20. The van der Waals surface area contributed by atoms with Crippen molar-refractivity contribution < 1.29 is 4.79 Å². The van der Waals surface area contributed by atoms with E-state index in [4.69, 9.17) is 0 Å². The highest BCUT2D eigenvalue weighted by atomic mass is 16.2. The van der Waals surface area contributed by atoms with Crippen molar-refractivity contribution in [2.24, 2.45) is 4.99 Å². The van der Waals surface area contributed by atoms with Gasteiger partial charge >= 0.3 is 0 Å². The summed E-state index contributed by atoms with van der Waals surface area (Å²) in [5.74, 6) is 0.643. The van der Waals surface area contributed by atoms with E-state index >= 15 is 0 Å². The average Bonchev–Trinajstić information content (AvgIpc) is 2.68. The number of likely N-dealkylation sites (N-methyl/N-ethyl adjacent to an activating group) is 1. The Labute approximate surface area is 162 Å². The maximum atomic E-state index is 11.9. The third-order valence-corrected chi connectivity index (χ3v) is 4.42. The van der Waals surface area contributed by atoms with Gasteiger partial charge in [0.25, 0.3) is 0 Å². The summed E-state index contributed by atoms with van der Waals surface area (Å²) >= 11 is 0. The van der Waals surface area contributed by atoms with Gasteiger partial charge in [0.2, 0.25) is 5.91 Å². The fraction of sp³-hybridized carbons (Fsp3) is 0.364. The second-order valence-electron chi connectivity index (χ2n) is 7.40. The van der Waals surface area contributed by atoms with Gasteiger partial charge in [-0.2, -0.15) is 0 Å². The van der Waals surface area contributed by atoms with Crippen LogP contribution in [0.3, 0.4) is 0 Å². The molecular formula is C22H30N4O. The van der Waals surface area contributed by atoms with E-state index in [9.17, 15) is 4.79 Å². The number of guanidine groups is 1. The van der Waals surface area contributed by atoms with Crippen molar-refractivity contribution in [3.05, 3.63) is 71.8 Å². The molecule has 5 heteroatoms. The largest absolute Gasteiger partial charge is 0.356 e. The number of hydrogen-bond donors (Lipinski definition) is 2. The fourth-order valence-electron chi connectivity index (χ4n) is 2.54. The van der Waals surface area contributed by atoms with E-state index in [-0.39, 0.29) is 17.9 Å². The van der Waals surface area contributed by atoms with E-state index < -0.39 is 0 Å². The zero-order chi connectivity index (χ0) is 19.7. The van der Waals surface area contributed by atoms with Gasteiger partial charge in [0.1, 0.15) is 0 Å². The summed E-state index contributed by atoms with van der Waals surface area (Å²) < 4.78 is 0. The smallest absolute Gasteiger partial charge is 0.241 e. The molecule has 0 radical (unpaired) electrons. The molecule has 1 amide bonds. The van der Waals surface area contributed by atoms with E-state index in [2.05, 4.69) is 53.7 Å².